The largest absolute Gasteiger partial charge is 0.495 e. The van der Waals surface area contributed by atoms with Gasteiger partial charge in [-0.2, -0.15) is 4.39 Å². The maximum absolute atomic E-state index is 13.0. The first-order valence-corrected chi connectivity index (χ1v) is 6.17. The van der Waals surface area contributed by atoms with Crippen LogP contribution in [0.2, 0.25) is 0 Å². The van der Waals surface area contributed by atoms with Crippen molar-refractivity contribution >= 4 is 27.5 Å². The molecule has 1 aromatic heterocycles. The fraction of sp³-hybridized carbons (Fsp3) is 0.0769. The fourth-order valence-corrected chi connectivity index (χ4v) is 1.86. The van der Waals surface area contributed by atoms with Crippen LogP contribution in [-0.2, 0) is 0 Å². The number of ether oxygens (including phenoxy) is 1. The van der Waals surface area contributed by atoms with E-state index in [2.05, 4.69) is 26.2 Å². The second-order valence-electron chi connectivity index (χ2n) is 3.64. The topological polar surface area (TPSA) is 51.2 Å². The molecule has 2 aromatic rings. The van der Waals surface area contributed by atoms with Gasteiger partial charge in [0.2, 0.25) is 5.95 Å². The number of aromatic nitrogens is 1. The normalized spacial score (nSPS) is 10.1. The van der Waals surface area contributed by atoms with Gasteiger partial charge in [0.05, 0.1) is 12.8 Å². The molecule has 98 valence electrons. The standard InChI is InChI=1S/C13H10BrFN2O2/c1-19-11-6-5-8(14)7-10(11)17-13(18)9-3-2-4-12(15)16-9/h2-7H,1H3,(H,17,18). The van der Waals surface area contributed by atoms with Crippen LogP contribution in [0.4, 0.5) is 10.1 Å². The predicted molar refractivity (Wildman–Crippen MR) is 72.8 cm³/mol. The number of rotatable bonds is 3. The third-order valence-electron chi connectivity index (χ3n) is 2.36. The number of halogens is 2. The minimum Gasteiger partial charge on any atom is -0.495 e. The first-order chi connectivity index (χ1) is 9.10. The highest BCUT2D eigenvalue weighted by atomic mass is 79.9. The molecule has 0 saturated carbocycles. The lowest BCUT2D eigenvalue weighted by Gasteiger charge is -2.10. The summed E-state index contributed by atoms with van der Waals surface area (Å²) in [5.74, 6) is -0.697. The van der Waals surface area contributed by atoms with E-state index in [0.717, 1.165) is 4.47 Å². The van der Waals surface area contributed by atoms with Crippen molar-refractivity contribution < 1.29 is 13.9 Å². The van der Waals surface area contributed by atoms with E-state index < -0.39 is 11.9 Å². The summed E-state index contributed by atoms with van der Waals surface area (Å²) >= 11 is 3.30. The SMILES string of the molecule is COc1ccc(Br)cc1NC(=O)c1cccc(F)n1. The Morgan fingerprint density at radius 2 is 2.16 bits per heavy atom. The quantitative estimate of drug-likeness (QED) is 0.882. The van der Waals surface area contributed by atoms with Gasteiger partial charge in [0.1, 0.15) is 11.4 Å². The average molecular weight is 325 g/mol. The highest BCUT2D eigenvalue weighted by molar-refractivity contribution is 9.10. The Kier molecular flexibility index (Phi) is 4.11. The van der Waals surface area contributed by atoms with E-state index in [1.165, 1.54) is 25.3 Å². The zero-order valence-electron chi connectivity index (χ0n) is 9.98. The molecule has 2 rings (SSSR count). The van der Waals surface area contributed by atoms with Gasteiger partial charge in [0.15, 0.2) is 0 Å². The van der Waals surface area contributed by atoms with Crippen LogP contribution in [0.3, 0.4) is 0 Å². The molecule has 0 unspecified atom stereocenters. The lowest BCUT2D eigenvalue weighted by molar-refractivity contribution is 0.102. The summed E-state index contributed by atoms with van der Waals surface area (Å²) in [7, 11) is 1.50. The Morgan fingerprint density at radius 3 is 2.84 bits per heavy atom. The van der Waals surface area contributed by atoms with Crippen molar-refractivity contribution in [2.24, 2.45) is 0 Å². The molecule has 4 nitrogen and oxygen atoms in total. The zero-order chi connectivity index (χ0) is 13.8. The van der Waals surface area contributed by atoms with Crippen LogP contribution in [0.15, 0.2) is 40.9 Å². The molecule has 1 N–H and O–H groups in total. The van der Waals surface area contributed by atoms with E-state index in [4.69, 9.17) is 4.74 Å². The van der Waals surface area contributed by atoms with E-state index in [9.17, 15) is 9.18 Å². The van der Waals surface area contributed by atoms with Gasteiger partial charge in [0, 0.05) is 4.47 Å². The van der Waals surface area contributed by atoms with Crippen molar-refractivity contribution in [1.29, 1.82) is 0 Å². The van der Waals surface area contributed by atoms with Gasteiger partial charge in [0.25, 0.3) is 5.91 Å². The van der Waals surface area contributed by atoms with Crippen LogP contribution in [0.1, 0.15) is 10.5 Å². The third-order valence-corrected chi connectivity index (χ3v) is 2.85. The molecule has 1 amide bonds. The highest BCUT2D eigenvalue weighted by Crippen LogP contribution is 2.28. The summed E-state index contributed by atoms with van der Waals surface area (Å²) in [5.41, 5.74) is 0.481. The Hall–Kier alpha value is -1.95. The second-order valence-corrected chi connectivity index (χ2v) is 4.56. The molecule has 0 spiro atoms. The molecule has 0 aliphatic rings. The lowest BCUT2D eigenvalue weighted by Crippen LogP contribution is -2.14. The van der Waals surface area contributed by atoms with Gasteiger partial charge in [-0.25, -0.2) is 4.98 Å². The average Bonchev–Trinajstić information content (AvgIpc) is 2.39. The number of anilines is 1. The van der Waals surface area contributed by atoms with Crippen LogP contribution in [0.25, 0.3) is 0 Å². The molecule has 6 heteroatoms. The number of carbonyl (C=O) groups excluding carboxylic acids is 1. The van der Waals surface area contributed by atoms with Crippen LogP contribution < -0.4 is 10.1 Å². The Morgan fingerprint density at radius 1 is 1.37 bits per heavy atom. The Balaban J connectivity index is 2.26. The first kappa shape index (κ1) is 13.5. The van der Waals surface area contributed by atoms with E-state index >= 15 is 0 Å². The van der Waals surface area contributed by atoms with Gasteiger partial charge in [-0.1, -0.05) is 22.0 Å². The molecular weight excluding hydrogens is 315 g/mol. The van der Waals surface area contributed by atoms with E-state index in [-0.39, 0.29) is 5.69 Å². The van der Waals surface area contributed by atoms with Gasteiger partial charge < -0.3 is 10.1 Å². The van der Waals surface area contributed by atoms with Crippen LogP contribution >= 0.6 is 15.9 Å². The number of nitrogens with zero attached hydrogens (tertiary/aromatic N) is 1. The number of amides is 1. The van der Waals surface area contributed by atoms with Crippen molar-refractivity contribution in [2.75, 3.05) is 12.4 Å². The van der Waals surface area contributed by atoms with Crippen molar-refractivity contribution in [3.63, 3.8) is 0 Å². The first-order valence-electron chi connectivity index (χ1n) is 5.37. The van der Waals surface area contributed by atoms with E-state index in [0.29, 0.717) is 11.4 Å². The number of hydrogen-bond donors (Lipinski definition) is 1. The number of nitrogens with one attached hydrogen (secondary N) is 1. The Labute approximate surface area is 117 Å². The molecule has 1 heterocycles. The fourth-order valence-electron chi connectivity index (χ4n) is 1.50. The lowest BCUT2D eigenvalue weighted by atomic mass is 10.2. The van der Waals surface area contributed by atoms with Crippen molar-refractivity contribution in [3.05, 3.63) is 52.5 Å². The minimum atomic E-state index is -0.700. The molecule has 1 aromatic carbocycles. The maximum atomic E-state index is 13.0. The maximum Gasteiger partial charge on any atom is 0.274 e. The number of carbonyl (C=O) groups is 1. The van der Waals surface area contributed by atoms with Gasteiger partial charge in [-0.15, -0.1) is 0 Å². The van der Waals surface area contributed by atoms with Crippen molar-refractivity contribution in [1.82, 2.24) is 4.98 Å². The number of pyridine rings is 1. The second kappa shape index (κ2) is 5.79. The molecule has 0 saturated heterocycles. The molecule has 0 atom stereocenters. The summed E-state index contributed by atoms with van der Waals surface area (Å²) < 4.78 is 18.9. The summed E-state index contributed by atoms with van der Waals surface area (Å²) in [6.07, 6.45) is 0. The summed E-state index contributed by atoms with van der Waals surface area (Å²) in [6.45, 7) is 0. The van der Waals surface area contributed by atoms with Crippen molar-refractivity contribution in [2.45, 2.75) is 0 Å². The molecule has 0 aliphatic heterocycles. The Bertz CT molecular complexity index is 619. The molecule has 0 fully saturated rings. The highest BCUT2D eigenvalue weighted by Gasteiger charge is 2.11. The summed E-state index contributed by atoms with van der Waals surface area (Å²) in [6, 6.07) is 9.22. The van der Waals surface area contributed by atoms with Gasteiger partial charge in [-0.05, 0) is 30.3 Å². The zero-order valence-corrected chi connectivity index (χ0v) is 11.6. The van der Waals surface area contributed by atoms with Gasteiger partial charge >= 0.3 is 0 Å². The third kappa shape index (κ3) is 3.29. The van der Waals surface area contributed by atoms with Crippen LogP contribution in [0, 0.1) is 5.95 Å². The van der Waals surface area contributed by atoms with Crippen molar-refractivity contribution in [3.8, 4) is 5.75 Å². The van der Waals surface area contributed by atoms with Crippen LogP contribution in [0.5, 0.6) is 5.75 Å². The molecular formula is C13H10BrFN2O2. The van der Waals surface area contributed by atoms with Crippen LogP contribution in [-0.4, -0.2) is 18.0 Å². The summed E-state index contributed by atoms with van der Waals surface area (Å²) in [5, 5.41) is 2.62. The molecule has 19 heavy (non-hydrogen) atoms. The minimum absolute atomic E-state index is 0.00188. The molecule has 0 radical (unpaired) electrons. The number of hydrogen-bond acceptors (Lipinski definition) is 3. The monoisotopic (exact) mass is 324 g/mol. The predicted octanol–water partition coefficient (Wildman–Crippen LogP) is 3.24. The molecule has 0 bridgehead atoms. The number of benzene rings is 1. The van der Waals surface area contributed by atoms with E-state index in [1.807, 2.05) is 0 Å². The van der Waals surface area contributed by atoms with Gasteiger partial charge in [-0.3, -0.25) is 4.79 Å². The smallest absolute Gasteiger partial charge is 0.274 e. The number of methoxy groups -OCH3 is 1. The summed E-state index contributed by atoms with van der Waals surface area (Å²) in [4.78, 5) is 15.5. The van der Waals surface area contributed by atoms with E-state index in [1.54, 1.807) is 18.2 Å². The molecule has 0 aliphatic carbocycles.